The van der Waals surface area contributed by atoms with Crippen LogP contribution in [-0.2, 0) is 0 Å². The van der Waals surface area contributed by atoms with Gasteiger partial charge in [-0.1, -0.05) is 12.1 Å². The lowest BCUT2D eigenvalue weighted by atomic mass is 10.1. The van der Waals surface area contributed by atoms with Crippen molar-refractivity contribution in [1.29, 1.82) is 5.26 Å². The van der Waals surface area contributed by atoms with Crippen LogP contribution in [0, 0.1) is 18.3 Å². The van der Waals surface area contributed by atoms with Gasteiger partial charge in [-0.15, -0.1) is 0 Å². The molecule has 1 unspecified atom stereocenters. The Labute approximate surface area is 104 Å². The number of halogens is 1. The summed E-state index contributed by atoms with van der Waals surface area (Å²) in [4.78, 5) is 13.5. The van der Waals surface area contributed by atoms with Crippen molar-refractivity contribution in [2.45, 2.75) is 19.9 Å². The zero-order chi connectivity index (χ0) is 12.3. The summed E-state index contributed by atoms with van der Waals surface area (Å²) in [5.74, 6) is -0.148. The Kier molecular flexibility index (Phi) is 4.08. The molecule has 0 bridgehead atoms. The molecule has 1 rings (SSSR count). The maximum atomic E-state index is 12.1. The molecule has 0 aliphatic heterocycles. The molecule has 1 atom stereocenters. The minimum absolute atomic E-state index is 0.148. The topological polar surface area (TPSA) is 44.1 Å². The molecule has 0 aromatic heterocycles. The van der Waals surface area contributed by atoms with Gasteiger partial charge < -0.3 is 4.90 Å². The van der Waals surface area contributed by atoms with E-state index in [4.69, 9.17) is 5.26 Å². The number of carbonyl (C=O) groups excluding carboxylic acids is 1. The number of hydrogen-bond donors (Lipinski definition) is 0. The van der Waals surface area contributed by atoms with Crippen LogP contribution < -0.4 is 0 Å². The molecule has 4 heteroatoms. The highest BCUT2D eigenvalue weighted by Gasteiger charge is 2.19. The van der Waals surface area contributed by atoms with E-state index in [0.717, 1.165) is 10.0 Å². The summed E-state index contributed by atoms with van der Waals surface area (Å²) in [6.07, 6.45) is 0. The summed E-state index contributed by atoms with van der Waals surface area (Å²) >= 11 is 3.39. The third-order valence-corrected chi connectivity index (χ3v) is 3.56. The molecule has 0 aliphatic rings. The van der Waals surface area contributed by atoms with Gasteiger partial charge in [0.15, 0.2) is 0 Å². The number of nitriles is 1. The Morgan fingerprint density at radius 3 is 2.75 bits per heavy atom. The van der Waals surface area contributed by atoms with E-state index in [2.05, 4.69) is 15.9 Å². The molecule has 0 fully saturated rings. The third kappa shape index (κ3) is 2.42. The number of carbonyl (C=O) groups is 1. The van der Waals surface area contributed by atoms with Gasteiger partial charge in [0.1, 0.15) is 6.04 Å². The second-order valence-electron chi connectivity index (χ2n) is 3.66. The number of aryl methyl sites for hydroxylation is 1. The van der Waals surface area contributed by atoms with Gasteiger partial charge in [0.2, 0.25) is 0 Å². The number of amides is 1. The number of benzene rings is 1. The summed E-state index contributed by atoms with van der Waals surface area (Å²) in [6.45, 7) is 3.62. The van der Waals surface area contributed by atoms with E-state index in [1.54, 1.807) is 20.0 Å². The molecule has 0 N–H and O–H groups in total. The predicted octanol–water partition coefficient (Wildman–Crippen LogP) is 2.74. The second-order valence-corrected chi connectivity index (χ2v) is 4.45. The van der Waals surface area contributed by atoms with Gasteiger partial charge in [0, 0.05) is 11.5 Å². The number of rotatable bonds is 2. The normalized spacial score (nSPS) is 11.7. The molecular formula is C12H13BrN2O. The fraction of sp³-hybridized carbons (Fsp3) is 0.333. The van der Waals surface area contributed by atoms with Crippen molar-refractivity contribution in [3.05, 3.63) is 33.8 Å². The first-order valence-electron chi connectivity index (χ1n) is 4.91. The average Bonchev–Trinajstić information content (AvgIpc) is 2.29. The van der Waals surface area contributed by atoms with Gasteiger partial charge in [0.05, 0.1) is 11.6 Å². The molecule has 0 saturated heterocycles. The lowest BCUT2D eigenvalue weighted by Crippen LogP contribution is -2.34. The molecule has 0 heterocycles. The van der Waals surface area contributed by atoms with Crippen molar-refractivity contribution in [2.75, 3.05) is 7.05 Å². The fourth-order valence-corrected chi connectivity index (χ4v) is 1.70. The van der Waals surface area contributed by atoms with Crippen molar-refractivity contribution in [1.82, 2.24) is 4.90 Å². The van der Waals surface area contributed by atoms with Crippen LogP contribution in [-0.4, -0.2) is 23.9 Å². The van der Waals surface area contributed by atoms with Gasteiger partial charge in [-0.3, -0.25) is 4.79 Å². The van der Waals surface area contributed by atoms with E-state index in [0.29, 0.717) is 5.56 Å². The lowest BCUT2D eigenvalue weighted by Gasteiger charge is -2.20. The maximum absolute atomic E-state index is 12.1. The van der Waals surface area contributed by atoms with E-state index >= 15 is 0 Å². The summed E-state index contributed by atoms with van der Waals surface area (Å²) < 4.78 is 0.789. The standard InChI is InChI=1S/C12H13BrN2O/c1-8-5-4-6-10(11(8)13)12(16)15(3)9(2)7-14/h4-6,9H,1-3H3. The van der Waals surface area contributed by atoms with Crippen molar-refractivity contribution < 1.29 is 4.79 Å². The van der Waals surface area contributed by atoms with Crippen LogP contribution in [0.1, 0.15) is 22.8 Å². The van der Waals surface area contributed by atoms with E-state index in [1.165, 1.54) is 4.90 Å². The van der Waals surface area contributed by atoms with Crippen LogP contribution in [0.3, 0.4) is 0 Å². The van der Waals surface area contributed by atoms with E-state index in [9.17, 15) is 4.79 Å². The SMILES string of the molecule is Cc1cccc(C(=O)N(C)C(C)C#N)c1Br. The van der Waals surface area contributed by atoms with Crippen LogP contribution in [0.2, 0.25) is 0 Å². The Morgan fingerprint density at radius 1 is 1.56 bits per heavy atom. The molecule has 0 aliphatic carbocycles. The average molecular weight is 281 g/mol. The zero-order valence-corrected chi connectivity index (χ0v) is 11.1. The van der Waals surface area contributed by atoms with Crippen molar-refractivity contribution in [3.8, 4) is 6.07 Å². The number of nitrogens with zero attached hydrogens (tertiary/aromatic N) is 2. The highest BCUT2D eigenvalue weighted by atomic mass is 79.9. The summed E-state index contributed by atoms with van der Waals surface area (Å²) in [5, 5.41) is 8.77. The van der Waals surface area contributed by atoms with Crippen LogP contribution in [0.4, 0.5) is 0 Å². The zero-order valence-electron chi connectivity index (χ0n) is 9.49. The molecule has 1 aromatic carbocycles. The Hall–Kier alpha value is -1.34. The first-order valence-corrected chi connectivity index (χ1v) is 5.70. The van der Waals surface area contributed by atoms with Crippen molar-refractivity contribution >= 4 is 21.8 Å². The molecule has 0 spiro atoms. The Balaban J connectivity index is 3.07. The first-order chi connectivity index (χ1) is 7.49. The van der Waals surface area contributed by atoms with Gasteiger partial charge in [-0.25, -0.2) is 0 Å². The molecule has 3 nitrogen and oxygen atoms in total. The third-order valence-electron chi connectivity index (χ3n) is 2.51. The van der Waals surface area contributed by atoms with Gasteiger partial charge >= 0.3 is 0 Å². The molecule has 16 heavy (non-hydrogen) atoms. The van der Waals surface area contributed by atoms with Crippen molar-refractivity contribution in [3.63, 3.8) is 0 Å². The monoisotopic (exact) mass is 280 g/mol. The first kappa shape index (κ1) is 12.7. The summed E-state index contributed by atoms with van der Waals surface area (Å²) in [6, 6.07) is 7.12. The van der Waals surface area contributed by atoms with Crippen LogP contribution >= 0.6 is 15.9 Å². The minimum Gasteiger partial charge on any atom is -0.326 e. The molecule has 1 aromatic rings. The predicted molar refractivity (Wildman–Crippen MR) is 66.0 cm³/mol. The smallest absolute Gasteiger partial charge is 0.255 e. The highest BCUT2D eigenvalue weighted by molar-refractivity contribution is 9.10. The van der Waals surface area contributed by atoms with E-state index in [-0.39, 0.29) is 5.91 Å². The molecule has 0 radical (unpaired) electrons. The Bertz CT molecular complexity index is 451. The fourth-order valence-electron chi connectivity index (χ4n) is 1.27. The van der Waals surface area contributed by atoms with Gasteiger partial charge in [-0.2, -0.15) is 5.26 Å². The lowest BCUT2D eigenvalue weighted by molar-refractivity contribution is 0.0772. The highest BCUT2D eigenvalue weighted by Crippen LogP contribution is 2.22. The van der Waals surface area contributed by atoms with E-state index < -0.39 is 6.04 Å². The van der Waals surface area contributed by atoms with Crippen LogP contribution in [0.15, 0.2) is 22.7 Å². The second kappa shape index (κ2) is 5.13. The minimum atomic E-state index is -0.431. The quantitative estimate of drug-likeness (QED) is 0.836. The molecular weight excluding hydrogens is 268 g/mol. The Morgan fingerprint density at radius 2 is 2.19 bits per heavy atom. The number of hydrogen-bond acceptors (Lipinski definition) is 2. The molecule has 1 amide bonds. The van der Waals surface area contributed by atoms with E-state index in [1.807, 2.05) is 25.1 Å². The summed E-state index contributed by atoms with van der Waals surface area (Å²) in [7, 11) is 1.63. The van der Waals surface area contributed by atoms with Gasteiger partial charge in [0.25, 0.3) is 5.91 Å². The molecule has 84 valence electrons. The largest absolute Gasteiger partial charge is 0.326 e. The van der Waals surface area contributed by atoms with Gasteiger partial charge in [-0.05, 0) is 41.4 Å². The van der Waals surface area contributed by atoms with Crippen LogP contribution in [0.25, 0.3) is 0 Å². The summed E-state index contributed by atoms with van der Waals surface area (Å²) in [5.41, 5.74) is 1.59. The van der Waals surface area contributed by atoms with Crippen molar-refractivity contribution in [2.24, 2.45) is 0 Å². The maximum Gasteiger partial charge on any atom is 0.255 e. The van der Waals surface area contributed by atoms with Crippen LogP contribution in [0.5, 0.6) is 0 Å². The molecule has 0 saturated carbocycles.